The zero-order chi connectivity index (χ0) is 45.4. The lowest BCUT2D eigenvalue weighted by Gasteiger charge is -2.64. The fourth-order valence-electron chi connectivity index (χ4n) is 9.05. The maximum Gasteiger partial charge on any atom is 0.478 e. The predicted octanol–water partition coefficient (Wildman–Crippen LogP) is 0.934. The predicted molar refractivity (Wildman–Crippen MR) is 233 cm³/mol. The Morgan fingerprint density at radius 3 is 2.10 bits per heavy atom. The van der Waals surface area contributed by atoms with Crippen molar-refractivity contribution in [3.63, 3.8) is 0 Å². The number of aliphatic hydroxyl groups excluding tert-OH is 1. The molecule has 62 heavy (non-hydrogen) atoms. The van der Waals surface area contributed by atoms with Crippen molar-refractivity contribution in [1.82, 2.24) is 26.6 Å². The van der Waals surface area contributed by atoms with Gasteiger partial charge in [-0.05, 0) is 111 Å². The molecule has 0 spiro atoms. The Bertz CT molecular complexity index is 1920. The zero-order valence-electron chi connectivity index (χ0n) is 36.5. The first-order valence-corrected chi connectivity index (χ1v) is 21.8. The third-order valence-corrected chi connectivity index (χ3v) is 12.9. The van der Waals surface area contributed by atoms with Gasteiger partial charge in [0.15, 0.2) is 6.17 Å². The summed E-state index contributed by atoms with van der Waals surface area (Å²) in [4.78, 5) is 78.8. The molecule has 4 aliphatic rings. The molecule has 2 aromatic carbocycles. The molecule has 0 aromatic heterocycles. The topological polar surface area (TPSA) is 279 Å². The van der Waals surface area contributed by atoms with Gasteiger partial charge in [0, 0.05) is 5.56 Å². The summed E-state index contributed by atoms with van der Waals surface area (Å²) in [6.07, 6.45) is 2.34. The molecule has 17 nitrogen and oxygen atoms in total. The van der Waals surface area contributed by atoms with Gasteiger partial charge in [-0.25, -0.2) is 0 Å². The van der Waals surface area contributed by atoms with Gasteiger partial charge in [-0.1, -0.05) is 63.6 Å². The lowest BCUT2D eigenvalue weighted by atomic mass is 9.43. The molecule has 0 radical (unpaired) electrons. The summed E-state index contributed by atoms with van der Waals surface area (Å²) in [5.41, 5.74) is 20.2. The van der Waals surface area contributed by atoms with E-state index in [9.17, 15) is 33.9 Å². The second kappa shape index (κ2) is 21.0. The van der Waals surface area contributed by atoms with Crippen LogP contribution in [-0.4, -0.2) is 103 Å². The van der Waals surface area contributed by atoms with E-state index in [0.717, 1.165) is 43.2 Å². The number of nitrogens with two attached hydrogens (primary N) is 3. The maximum atomic E-state index is 13.6. The van der Waals surface area contributed by atoms with Crippen molar-refractivity contribution in [2.75, 3.05) is 13.0 Å². The number of primary amides is 1. The van der Waals surface area contributed by atoms with E-state index >= 15 is 0 Å². The Morgan fingerprint density at radius 1 is 0.839 bits per heavy atom. The zero-order valence-corrected chi connectivity index (χ0v) is 36.5. The molecule has 6 rings (SSSR count). The average molecular weight is 861 g/mol. The van der Waals surface area contributed by atoms with Crippen LogP contribution in [0.1, 0.15) is 102 Å². The van der Waals surface area contributed by atoms with Gasteiger partial charge in [-0.3, -0.25) is 28.8 Å². The van der Waals surface area contributed by atoms with E-state index in [4.69, 9.17) is 26.5 Å². The van der Waals surface area contributed by atoms with Crippen molar-refractivity contribution >= 4 is 42.6 Å². The van der Waals surface area contributed by atoms with E-state index in [2.05, 4.69) is 59.5 Å². The molecule has 1 unspecified atom stereocenters. The highest BCUT2D eigenvalue weighted by Crippen LogP contribution is 2.65. The molecule has 2 aromatic rings. The first-order chi connectivity index (χ1) is 29.4. The van der Waals surface area contributed by atoms with Gasteiger partial charge in [0.2, 0.25) is 23.6 Å². The molecule has 4 fully saturated rings. The molecule has 1 aliphatic heterocycles. The van der Waals surface area contributed by atoms with Crippen LogP contribution in [0.4, 0.5) is 0 Å². The molecule has 1 saturated heterocycles. The molecule has 6 amide bonds. The van der Waals surface area contributed by atoms with Crippen molar-refractivity contribution in [3.8, 4) is 11.1 Å². The van der Waals surface area contributed by atoms with E-state index in [-0.39, 0.29) is 24.4 Å². The monoisotopic (exact) mass is 860 g/mol. The van der Waals surface area contributed by atoms with Gasteiger partial charge < -0.3 is 58.2 Å². The summed E-state index contributed by atoms with van der Waals surface area (Å²) >= 11 is 0. The van der Waals surface area contributed by atoms with Gasteiger partial charge >= 0.3 is 7.12 Å². The molecule has 12 N–H and O–H groups in total. The van der Waals surface area contributed by atoms with Gasteiger partial charge in [0.1, 0.15) is 18.1 Å². The minimum atomic E-state index is -1.79. The van der Waals surface area contributed by atoms with Gasteiger partial charge in [-0.2, -0.15) is 0 Å². The molecule has 1 heterocycles. The number of carbonyl (C=O) groups is 6. The number of amides is 6. The van der Waals surface area contributed by atoms with Crippen LogP contribution in [0.2, 0.25) is 0 Å². The maximum absolute atomic E-state index is 13.6. The van der Waals surface area contributed by atoms with Crippen molar-refractivity contribution in [2.45, 2.75) is 135 Å². The largest absolute Gasteiger partial charge is 0.478 e. The number of carbonyl (C=O) groups excluding carboxylic acids is 6. The highest BCUT2D eigenvalue weighted by Gasteiger charge is 2.67. The summed E-state index contributed by atoms with van der Waals surface area (Å²) in [5.74, 6) is -4.18. The Morgan fingerprint density at radius 2 is 1.50 bits per heavy atom. The highest BCUT2D eigenvalue weighted by atomic mass is 16.7. The second-order valence-corrected chi connectivity index (χ2v) is 17.8. The van der Waals surface area contributed by atoms with Crippen LogP contribution in [0.25, 0.3) is 11.1 Å². The second-order valence-electron chi connectivity index (χ2n) is 17.8. The Hall–Kier alpha value is -4.88. The van der Waals surface area contributed by atoms with E-state index < -0.39 is 85.0 Å². The Balaban J connectivity index is 1.15. The van der Waals surface area contributed by atoms with E-state index in [1.807, 2.05) is 31.2 Å². The molecular formula is C44H65BN8O9. The lowest BCUT2D eigenvalue weighted by Crippen LogP contribution is -2.65. The number of rotatable bonds is 22. The third-order valence-electron chi connectivity index (χ3n) is 12.9. The van der Waals surface area contributed by atoms with Crippen LogP contribution in [0.15, 0.2) is 48.5 Å². The van der Waals surface area contributed by atoms with Gasteiger partial charge in [0.05, 0.1) is 30.7 Å². The number of hydrogen-bond acceptors (Lipinski definition) is 11. The van der Waals surface area contributed by atoms with Crippen LogP contribution in [0.3, 0.4) is 0 Å². The number of aliphatic hydroxyl groups is 1. The first kappa shape index (κ1) is 48.2. The standard InChI is InChI=1S/C44H65BN8O9/c1-6-7-10-26-12-14-27(15-13-26)28-16-18-29(19-17-28)38(56)50-31(11-8-9-20-46)40(58)52-36(25(2)54)41(59)53-37(48)42(60)51-32(23-35(47)55)39(57)49-24-45-61-34-22-30-21-33(43(30,3)4)44(34,5)62-45/h12-19,25,30-34,36-37,54H,6-11,20-24,46,48H2,1-5H3,(H2,47,55)(H,49,57)(H,50,56)(H,51,60)(H,52,58)(H,53,59)/t25-,30+,31+,32+,33+,34?,36+,37-,44+/m1/s1. The highest BCUT2D eigenvalue weighted by molar-refractivity contribution is 6.46. The number of hydrogen-bond donors (Lipinski definition) is 9. The SMILES string of the molecule is CCCCc1ccc(-c2ccc(C(=O)N[C@@H](CCCCN)C(=O)N[C@H](C(=O)N[C@@H](N)C(=O)N[C@@H](CC(N)=O)C(=O)NCB3OC4C[C@@H]5C[C@@H](C5(C)C)[C@]4(C)O3)[C@@H](C)O)cc2)cc1. The molecule has 2 bridgehead atoms. The molecular weight excluding hydrogens is 795 g/mol. The van der Waals surface area contributed by atoms with Crippen molar-refractivity contribution in [1.29, 1.82) is 0 Å². The fourth-order valence-corrected chi connectivity index (χ4v) is 9.05. The van der Waals surface area contributed by atoms with Crippen LogP contribution in [0, 0.1) is 17.3 Å². The molecule has 3 saturated carbocycles. The van der Waals surface area contributed by atoms with Crippen molar-refractivity contribution < 1.29 is 43.2 Å². The molecule has 3 aliphatic carbocycles. The summed E-state index contributed by atoms with van der Waals surface area (Å²) in [7, 11) is -0.743. The molecule has 338 valence electrons. The number of aryl methyl sites for hydroxylation is 1. The van der Waals surface area contributed by atoms with E-state index in [1.54, 1.807) is 12.1 Å². The first-order valence-electron chi connectivity index (χ1n) is 21.8. The number of unbranched alkanes of at least 4 members (excludes halogenated alkanes) is 2. The Kier molecular flexibility index (Phi) is 16.3. The normalized spacial score (nSPS) is 23.3. The van der Waals surface area contributed by atoms with E-state index in [1.165, 1.54) is 12.5 Å². The summed E-state index contributed by atoms with van der Waals surface area (Å²) in [6, 6.07) is 11.1. The van der Waals surface area contributed by atoms with Crippen molar-refractivity contribution in [3.05, 3.63) is 59.7 Å². The van der Waals surface area contributed by atoms with Gasteiger partial charge in [-0.15, -0.1) is 0 Å². The van der Waals surface area contributed by atoms with Gasteiger partial charge in [0.25, 0.3) is 11.8 Å². The molecule has 9 atom stereocenters. The summed E-state index contributed by atoms with van der Waals surface area (Å²) in [6.45, 7) is 10.3. The minimum Gasteiger partial charge on any atom is -0.404 e. The average Bonchev–Trinajstić information content (AvgIpc) is 3.59. The quantitative estimate of drug-likeness (QED) is 0.0457. The van der Waals surface area contributed by atoms with Crippen molar-refractivity contribution in [2.24, 2.45) is 34.5 Å². The minimum absolute atomic E-state index is 0.0550. The number of benzene rings is 2. The summed E-state index contributed by atoms with van der Waals surface area (Å²) in [5, 5.41) is 23.0. The van der Waals surface area contributed by atoms with Crippen LogP contribution < -0.4 is 43.8 Å². The van der Waals surface area contributed by atoms with Crippen LogP contribution >= 0.6 is 0 Å². The smallest absolute Gasteiger partial charge is 0.404 e. The summed E-state index contributed by atoms with van der Waals surface area (Å²) < 4.78 is 12.5. The van der Waals surface area contributed by atoms with E-state index in [0.29, 0.717) is 36.8 Å². The van der Waals surface area contributed by atoms with Crippen LogP contribution in [0.5, 0.6) is 0 Å². The third kappa shape index (κ3) is 11.6. The molecule has 18 heteroatoms. The number of nitrogens with one attached hydrogen (secondary N) is 5. The fraction of sp³-hybridized carbons (Fsp3) is 0.591. The lowest BCUT2D eigenvalue weighted by molar-refractivity contribution is -0.199. The Labute approximate surface area is 364 Å². The van der Waals surface area contributed by atoms with Crippen LogP contribution in [-0.2, 0) is 39.7 Å².